The molecule has 7 nitrogen and oxygen atoms in total. The van der Waals surface area contributed by atoms with Crippen molar-refractivity contribution < 1.29 is 9.21 Å². The Labute approximate surface area is 90.7 Å². The highest BCUT2D eigenvalue weighted by molar-refractivity contribution is 6.02. The van der Waals surface area contributed by atoms with Crippen molar-refractivity contribution in [2.24, 2.45) is 0 Å². The average Bonchev–Trinajstić information content (AvgIpc) is 2.64. The van der Waals surface area contributed by atoms with E-state index in [1.807, 2.05) is 0 Å². The molecule has 0 atom stereocenters. The van der Waals surface area contributed by atoms with E-state index in [0.29, 0.717) is 11.6 Å². The van der Waals surface area contributed by atoms with Gasteiger partial charge in [-0.25, -0.2) is 0 Å². The molecule has 0 saturated heterocycles. The third kappa shape index (κ3) is 2.14. The zero-order valence-electron chi connectivity index (χ0n) is 8.47. The fraction of sp³-hybridized carbons (Fsp3) is 0.111. The number of pyridine rings is 1. The summed E-state index contributed by atoms with van der Waals surface area (Å²) >= 11 is 0. The van der Waals surface area contributed by atoms with Crippen molar-refractivity contribution >= 4 is 17.6 Å². The number of nitrogens with two attached hydrogens (primary N) is 1. The van der Waals surface area contributed by atoms with Gasteiger partial charge in [-0.05, 0) is 12.1 Å². The molecule has 7 heteroatoms. The largest absolute Gasteiger partial charge is 0.408 e. The maximum absolute atomic E-state index is 11.6. The standard InChI is InChI=1S/C9H9N5O2/c1-5-13-14-9(16-5)12-8(15)7-4-6(10)2-3-11-7/h2-4H,1H3,(H2,10,11)(H,12,14,15). The van der Waals surface area contributed by atoms with Crippen LogP contribution in [0.25, 0.3) is 0 Å². The minimum absolute atomic E-state index is 0.0340. The van der Waals surface area contributed by atoms with E-state index in [0.717, 1.165) is 0 Å². The molecular weight excluding hydrogens is 210 g/mol. The fourth-order valence-electron chi connectivity index (χ4n) is 1.08. The van der Waals surface area contributed by atoms with Crippen LogP contribution < -0.4 is 11.1 Å². The number of aromatic nitrogens is 3. The normalized spacial score (nSPS) is 10.1. The molecule has 2 aromatic rings. The molecule has 0 aromatic carbocycles. The molecule has 0 spiro atoms. The molecule has 0 bridgehead atoms. The van der Waals surface area contributed by atoms with Crippen LogP contribution in [0.4, 0.5) is 11.7 Å². The third-order valence-corrected chi connectivity index (χ3v) is 1.76. The summed E-state index contributed by atoms with van der Waals surface area (Å²) in [7, 11) is 0. The van der Waals surface area contributed by atoms with Crippen molar-refractivity contribution in [2.45, 2.75) is 6.92 Å². The van der Waals surface area contributed by atoms with Crippen LogP contribution in [0.2, 0.25) is 0 Å². The van der Waals surface area contributed by atoms with Crippen LogP contribution in [0, 0.1) is 6.92 Å². The number of nitrogens with zero attached hydrogens (tertiary/aromatic N) is 3. The lowest BCUT2D eigenvalue weighted by Gasteiger charge is -1.99. The quantitative estimate of drug-likeness (QED) is 0.766. The second-order valence-corrected chi connectivity index (χ2v) is 3.05. The highest BCUT2D eigenvalue weighted by atomic mass is 16.4. The molecule has 2 rings (SSSR count). The topological polar surface area (TPSA) is 107 Å². The Bertz CT molecular complexity index is 522. The molecule has 0 aliphatic carbocycles. The van der Waals surface area contributed by atoms with Gasteiger partial charge in [0, 0.05) is 18.8 Å². The number of amides is 1. The van der Waals surface area contributed by atoms with Crippen molar-refractivity contribution in [3.63, 3.8) is 0 Å². The van der Waals surface area contributed by atoms with E-state index >= 15 is 0 Å². The van der Waals surface area contributed by atoms with Crippen LogP contribution in [0.1, 0.15) is 16.4 Å². The molecule has 0 saturated carbocycles. The van der Waals surface area contributed by atoms with Crippen LogP contribution in [-0.2, 0) is 0 Å². The summed E-state index contributed by atoms with van der Waals surface area (Å²) in [6.07, 6.45) is 1.45. The van der Waals surface area contributed by atoms with E-state index in [9.17, 15) is 4.79 Å². The van der Waals surface area contributed by atoms with Crippen LogP contribution in [-0.4, -0.2) is 21.1 Å². The molecule has 2 heterocycles. The second kappa shape index (κ2) is 3.97. The third-order valence-electron chi connectivity index (χ3n) is 1.76. The summed E-state index contributed by atoms with van der Waals surface area (Å²) in [6, 6.07) is 3.08. The van der Waals surface area contributed by atoms with E-state index in [2.05, 4.69) is 20.5 Å². The first kappa shape index (κ1) is 10.1. The SMILES string of the molecule is Cc1nnc(NC(=O)c2cc(N)ccn2)o1. The van der Waals surface area contributed by atoms with Gasteiger partial charge in [-0.15, -0.1) is 5.10 Å². The molecule has 0 aliphatic heterocycles. The highest BCUT2D eigenvalue weighted by Crippen LogP contribution is 2.08. The van der Waals surface area contributed by atoms with Gasteiger partial charge >= 0.3 is 6.01 Å². The van der Waals surface area contributed by atoms with E-state index in [1.54, 1.807) is 13.0 Å². The Morgan fingerprint density at radius 2 is 2.31 bits per heavy atom. The van der Waals surface area contributed by atoms with Gasteiger partial charge in [0.2, 0.25) is 5.89 Å². The first-order chi connectivity index (χ1) is 7.65. The number of carbonyl (C=O) groups is 1. The lowest BCUT2D eigenvalue weighted by molar-refractivity contribution is 0.101. The second-order valence-electron chi connectivity index (χ2n) is 3.05. The molecule has 16 heavy (non-hydrogen) atoms. The van der Waals surface area contributed by atoms with Gasteiger partial charge in [-0.1, -0.05) is 5.10 Å². The Hall–Kier alpha value is -2.44. The van der Waals surface area contributed by atoms with Gasteiger partial charge < -0.3 is 10.2 Å². The molecule has 1 amide bonds. The Kier molecular flexibility index (Phi) is 2.50. The zero-order valence-corrected chi connectivity index (χ0v) is 8.47. The van der Waals surface area contributed by atoms with Gasteiger partial charge in [-0.2, -0.15) is 0 Å². The Balaban J connectivity index is 2.14. The maximum Gasteiger partial charge on any atom is 0.322 e. The van der Waals surface area contributed by atoms with Gasteiger partial charge in [-0.3, -0.25) is 15.1 Å². The molecule has 0 radical (unpaired) electrons. The lowest BCUT2D eigenvalue weighted by Crippen LogP contribution is -2.14. The lowest BCUT2D eigenvalue weighted by atomic mass is 10.3. The number of anilines is 2. The van der Waals surface area contributed by atoms with E-state index in [1.165, 1.54) is 12.3 Å². The van der Waals surface area contributed by atoms with Crippen molar-refractivity contribution in [1.29, 1.82) is 0 Å². The predicted octanol–water partition coefficient (Wildman–Crippen LogP) is 0.608. The minimum Gasteiger partial charge on any atom is -0.408 e. The fourth-order valence-corrected chi connectivity index (χ4v) is 1.08. The zero-order chi connectivity index (χ0) is 11.5. The Morgan fingerprint density at radius 3 is 2.94 bits per heavy atom. The van der Waals surface area contributed by atoms with E-state index < -0.39 is 5.91 Å². The first-order valence-electron chi connectivity index (χ1n) is 4.48. The van der Waals surface area contributed by atoms with Crippen molar-refractivity contribution in [1.82, 2.24) is 15.2 Å². The summed E-state index contributed by atoms with van der Waals surface area (Å²) < 4.78 is 4.99. The van der Waals surface area contributed by atoms with Gasteiger partial charge in [0.1, 0.15) is 5.69 Å². The molecule has 0 fully saturated rings. The van der Waals surface area contributed by atoms with Crippen LogP contribution in [0.3, 0.4) is 0 Å². The Morgan fingerprint density at radius 1 is 1.50 bits per heavy atom. The number of nitrogens with one attached hydrogen (secondary N) is 1. The molecule has 0 unspecified atom stereocenters. The highest BCUT2D eigenvalue weighted by Gasteiger charge is 2.11. The van der Waals surface area contributed by atoms with E-state index in [4.69, 9.17) is 10.2 Å². The van der Waals surface area contributed by atoms with E-state index in [-0.39, 0.29) is 11.7 Å². The predicted molar refractivity (Wildman–Crippen MR) is 55.6 cm³/mol. The number of rotatable bonds is 2. The first-order valence-corrected chi connectivity index (χ1v) is 4.48. The van der Waals surface area contributed by atoms with Crippen LogP contribution >= 0.6 is 0 Å². The maximum atomic E-state index is 11.6. The van der Waals surface area contributed by atoms with Gasteiger partial charge in [0.25, 0.3) is 5.91 Å². The summed E-state index contributed by atoms with van der Waals surface area (Å²) in [5.41, 5.74) is 6.17. The van der Waals surface area contributed by atoms with Crippen LogP contribution in [0.5, 0.6) is 0 Å². The summed E-state index contributed by atoms with van der Waals surface area (Å²) in [4.78, 5) is 15.5. The number of hydrogen-bond donors (Lipinski definition) is 2. The van der Waals surface area contributed by atoms with Gasteiger partial charge in [0.15, 0.2) is 0 Å². The van der Waals surface area contributed by atoms with Crippen molar-refractivity contribution in [3.8, 4) is 0 Å². The molecule has 3 N–H and O–H groups in total. The van der Waals surface area contributed by atoms with Crippen molar-refractivity contribution in [2.75, 3.05) is 11.1 Å². The molecule has 2 aromatic heterocycles. The van der Waals surface area contributed by atoms with Crippen LogP contribution in [0.15, 0.2) is 22.7 Å². The number of carbonyl (C=O) groups excluding carboxylic acids is 1. The molecule has 82 valence electrons. The summed E-state index contributed by atoms with van der Waals surface area (Å²) in [5.74, 6) is -0.0771. The number of hydrogen-bond acceptors (Lipinski definition) is 6. The number of aryl methyl sites for hydroxylation is 1. The van der Waals surface area contributed by atoms with Gasteiger partial charge in [0.05, 0.1) is 0 Å². The monoisotopic (exact) mass is 219 g/mol. The minimum atomic E-state index is -0.448. The summed E-state index contributed by atoms with van der Waals surface area (Å²) in [6.45, 7) is 1.63. The molecule has 0 aliphatic rings. The number of nitrogen functional groups attached to an aromatic ring is 1. The molecular formula is C9H9N5O2. The summed E-state index contributed by atoms with van der Waals surface area (Å²) in [5, 5.41) is 9.61. The average molecular weight is 219 g/mol. The smallest absolute Gasteiger partial charge is 0.322 e. The van der Waals surface area contributed by atoms with Crippen molar-refractivity contribution in [3.05, 3.63) is 29.9 Å².